The van der Waals surface area contributed by atoms with Crippen LogP contribution in [0.4, 0.5) is 17.1 Å². The Morgan fingerprint density at radius 2 is 0.923 bits per heavy atom. The third-order valence-corrected chi connectivity index (χ3v) is 10.4. The van der Waals surface area contributed by atoms with Crippen molar-refractivity contribution in [2.45, 2.75) is 0 Å². The Morgan fingerprint density at radius 3 is 1.75 bits per heavy atom. The first-order chi connectivity index (χ1) is 25.8. The molecule has 0 unspecified atom stereocenters. The van der Waals surface area contributed by atoms with E-state index in [2.05, 4.69) is 216 Å². The molecular weight excluding hydrogens is 629 g/mol. The standard InChI is InChI=1S/C50H34N2/c1-3-17-38(18-4-1)51(40-30-28-36(29-31-40)43-24-12-15-35-14-7-8-22-42(35)43)41-21-11-16-37(34-41)44-25-13-26-46-45(44)32-33-49-50(46)47-23-9-10-27-48(47)52(49)39-19-5-2-6-20-39/h1-34H. The molecule has 10 aromatic rings. The van der Waals surface area contributed by atoms with E-state index in [0.29, 0.717) is 0 Å². The molecule has 0 radical (unpaired) electrons. The van der Waals surface area contributed by atoms with Crippen molar-refractivity contribution < 1.29 is 0 Å². The quantitative estimate of drug-likeness (QED) is 0.172. The van der Waals surface area contributed by atoms with Crippen LogP contribution in [0.25, 0.3) is 71.3 Å². The molecule has 244 valence electrons. The Kier molecular flexibility index (Phi) is 7.18. The van der Waals surface area contributed by atoms with Gasteiger partial charge in [0.25, 0.3) is 0 Å². The van der Waals surface area contributed by atoms with Crippen molar-refractivity contribution in [2.24, 2.45) is 0 Å². The zero-order chi connectivity index (χ0) is 34.4. The van der Waals surface area contributed by atoms with Gasteiger partial charge in [0.15, 0.2) is 0 Å². The number of benzene rings is 9. The van der Waals surface area contributed by atoms with E-state index in [9.17, 15) is 0 Å². The van der Waals surface area contributed by atoms with Crippen LogP contribution in [0.3, 0.4) is 0 Å². The predicted molar refractivity (Wildman–Crippen MR) is 221 cm³/mol. The molecule has 0 N–H and O–H groups in total. The Bertz CT molecular complexity index is 2880. The molecule has 1 heterocycles. The van der Waals surface area contributed by atoms with Gasteiger partial charge in [-0.05, 0) is 104 Å². The molecule has 0 bridgehead atoms. The Balaban J connectivity index is 1.11. The van der Waals surface area contributed by atoms with Crippen LogP contribution in [-0.2, 0) is 0 Å². The van der Waals surface area contributed by atoms with Crippen molar-refractivity contribution in [3.8, 4) is 27.9 Å². The second-order valence-electron chi connectivity index (χ2n) is 13.3. The molecular formula is C50H34N2. The number of anilines is 3. The molecule has 0 aliphatic carbocycles. The normalized spacial score (nSPS) is 11.5. The topological polar surface area (TPSA) is 8.17 Å². The maximum Gasteiger partial charge on any atom is 0.0547 e. The average Bonchev–Trinajstić information content (AvgIpc) is 3.57. The maximum absolute atomic E-state index is 2.39. The number of nitrogens with zero attached hydrogens (tertiary/aromatic N) is 2. The molecule has 2 heteroatoms. The third kappa shape index (κ3) is 4.96. The zero-order valence-corrected chi connectivity index (χ0v) is 28.5. The van der Waals surface area contributed by atoms with Crippen LogP contribution in [0, 0.1) is 0 Å². The predicted octanol–water partition coefficient (Wildman–Crippen LogP) is 13.9. The van der Waals surface area contributed by atoms with Crippen molar-refractivity contribution in [3.05, 3.63) is 206 Å². The first kappa shape index (κ1) is 30.0. The minimum atomic E-state index is 1.11. The summed E-state index contributed by atoms with van der Waals surface area (Å²) in [6.07, 6.45) is 0. The summed E-state index contributed by atoms with van der Waals surface area (Å²) in [4.78, 5) is 2.35. The lowest BCUT2D eigenvalue weighted by atomic mass is 9.95. The summed E-state index contributed by atoms with van der Waals surface area (Å²) >= 11 is 0. The molecule has 9 aromatic carbocycles. The van der Waals surface area contributed by atoms with E-state index in [1.54, 1.807) is 0 Å². The van der Waals surface area contributed by atoms with E-state index in [0.717, 1.165) is 17.1 Å². The van der Waals surface area contributed by atoms with Gasteiger partial charge in [-0.3, -0.25) is 0 Å². The van der Waals surface area contributed by atoms with Gasteiger partial charge in [0, 0.05) is 33.5 Å². The third-order valence-electron chi connectivity index (χ3n) is 10.4. The largest absolute Gasteiger partial charge is 0.310 e. The van der Waals surface area contributed by atoms with Gasteiger partial charge in [-0.2, -0.15) is 0 Å². The summed E-state index contributed by atoms with van der Waals surface area (Å²) in [5.41, 5.74) is 11.8. The summed E-state index contributed by atoms with van der Waals surface area (Å²) < 4.78 is 2.39. The molecule has 0 saturated carbocycles. The molecule has 52 heavy (non-hydrogen) atoms. The van der Waals surface area contributed by atoms with Crippen molar-refractivity contribution in [1.29, 1.82) is 0 Å². The molecule has 0 atom stereocenters. The molecule has 0 aliphatic heterocycles. The fourth-order valence-corrected chi connectivity index (χ4v) is 8.04. The Morgan fingerprint density at radius 1 is 0.327 bits per heavy atom. The molecule has 0 amide bonds. The van der Waals surface area contributed by atoms with Crippen molar-refractivity contribution in [1.82, 2.24) is 4.57 Å². The summed E-state index contributed by atoms with van der Waals surface area (Å²) in [5.74, 6) is 0. The first-order valence-electron chi connectivity index (χ1n) is 17.9. The van der Waals surface area contributed by atoms with E-state index in [1.807, 2.05) is 0 Å². The van der Waals surface area contributed by atoms with Crippen LogP contribution in [0.15, 0.2) is 206 Å². The summed E-state index contributed by atoms with van der Waals surface area (Å²) in [7, 11) is 0. The minimum absolute atomic E-state index is 1.11. The number of aromatic nitrogens is 1. The Labute approximate surface area is 303 Å². The van der Waals surface area contributed by atoms with Gasteiger partial charge in [-0.15, -0.1) is 0 Å². The van der Waals surface area contributed by atoms with Crippen molar-refractivity contribution >= 4 is 60.4 Å². The van der Waals surface area contributed by atoms with E-state index >= 15 is 0 Å². The lowest BCUT2D eigenvalue weighted by molar-refractivity contribution is 1.18. The second kappa shape index (κ2) is 12.5. The number of hydrogen-bond donors (Lipinski definition) is 0. The molecule has 0 spiro atoms. The van der Waals surface area contributed by atoms with E-state index in [1.165, 1.54) is 71.3 Å². The molecule has 1 aromatic heterocycles. The van der Waals surface area contributed by atoms with E-state index in [-0.39, 0.29) is 0 Å². The van der Waals surface area contributed by atoms with Crippen LogP contribution in [0.5, 0.6) is 0 Å². The monoisotopic (exact) mass is 662 g/mol. The lowest BCUT2D eigenvalue weighted by Crippen LogP contribution is -2.09. The SMILES string of the molecule is c1ccc(N(c2ccc(-c3cccc4ccccc34)cc2)c2cccc(-c3cccc4c3ccc3c4c4ccccc4n3-c3ccccc3)c2)cc1. The van der Waals surface area contributed by atoms with Crippen LogP contribution < -0.4 is 4.90 Å². The smallest absolute Gasteiger partial charge is 0.0547 e. The minimum Gasteiger partial charge on any atom is -0.310 e. The molecule has 10 rings (SSSR count). The average molecular weight is 663 g/mol. The number of rotatable bonds is 6. The summed E-state index contributed by atoms with van der Waals surface area (Å²) in [6.45, 7) is 0. The zero-order valence-electron chi connectivity index (χ0n) is 28.5. The second-order valence-corrected chi connectivity index (χ2v) is 13.3. The highest BCUT2D eigenvalue weighted by Crippen LogP contribution is 2.42. The van der Waals surface area contributed by atoms with Gasteiger partial charge in [0.1, 0.15) is 0 Å². The molecule has 0 saturated heterocycles. The van der Waals surface area contributed by atoms with Crippen LogP contribution in [0.1, 0.15) is 0 Å². The van der Waals surface area contributed by atoms with E-state index in [4.69, 9.17) is 0 Å². The van der Waals surface area contributed by atoms with Gasteiger partial charge in [0.05, 0.1) is 11.0 Å². The van der Waals surface area contributed by atoms with E-state index < -0.39 is 0 Å². The van der Waals surface area contributed by atoms with Crippen molar-refractivity contribution in [3.63, 3.8) is 0 Å². The first-order valence-corrected chi connectivity index (χ1v) is 17.9. The van der Waals surface area contributed by atoms with Gasteiger partial charge in [-0.25, -0.2) is 0 Å². The van der Waals surface area contributed by atoms with Gasteiger partial charge >= 0.3 is 0 Å². The summed E-state index contributed by atoms with van der Waals surface area (Å²) in [6, 6.07) is 74.6. The fraction of sp³-hybridized carbons (Fsp3) is 0. The van der Waals surface area contributed by atoms with Gasteiger partial charge in [-0.1, -0.05) is 146 Å². The number of fused-ring (bicyclic) bond motifs is 6. The number of hydrogen-bond acceptors (Lipinski definition) is 1. The Hall–Kier alpha value is -6.90. The lowest BCUT2D eigenvalue weighted by Gasteiger charge is -2.26. The molecule has 0 fully saturated rings. The van der Waals surface area contributed by atoms with Crippen LogP contribution in [-0.4, -0.2) is 4.57 Å². The maximum atomic E-state index is 2.39. The van der Waals surface area contributed by atoms with Gasteiger partial charge < -0.3 is 9.47 Å². The fourth-order valence-electron chi connectivity index (χ4n) is 8.04. The highest BCUT2D eigenvalue weighted by molar-refractivity contribution is 6.23. The summed E-state index contributed by atoms with van der Waals surface area (Å²) in [5, 5.41) is 7.57. The highest BCUT2D eigenvalue weighted by Gasteiger charge is 2.18. The van der Waals surface area contributed by atoms with Gasteiger partial charge in [0.2, 0.25) is 0 Å². The molecule has 0 aliphatic rings. The highest BCUT2D eigenvalue weighted by atomic mass is 15.1. The molecule has 2 nitrogen and oxygen atoms in total. The van der Waals surface area contributed by atoms with Crippen LogP contribution >= 0.6 is 0 Å². The van der Waals surface area contributed by atoms with Crippen molar-refractivity contribution in [2.75, 3.05) is 4.90 Å². The van der Waals surface area contributed by atoms with Crippen LogP contribution in [0.2, 0.25) is 0 Å². The number of para-hydroxylation sites is 3.